The molecule has 522 valence electrons. The van der Waals surface area contributed by atoms with E-state index in [-0.39, 0.29) is 203 Å². The molecule has 98 heavy (non-hydrogen) atoms. The number of carboxylic acid groups (broad SMARTS) is 1. The summed E-state index contributed by atoms with van der Waals surface area (Å²) in [6.45, 7) is 23.9. The number of benzene rings is 5. The Balaban J connectivity index is -0.000000198. The second-order valence-electron chi connectivity index (χ2n) is 21.3. The van der Waals surface area contributed by atoms with Gasteiger partial charge in [0.2, 0.25) is 5.91 Å². The Labute approximate surface area is 724 Å². The first-order valence-corrected chi connectivity index (χ1v) is 31.3. The van der Waals surface area contributed by atoms with Gasteiger partial charge >= 0.3 is 35.5 Å². The van der Waals surface area contributed by atoms with Crippen LogP contribution in [0.1, 0.15) is 99.5 Å². The molecule has 7 aromatic rings. The second-order valence-corrected chi connectivity index (χ2v) is 22.1. The van der Waals surface area contributed by atoms with Crippen LogP contribution in [0.2, 0.25) is 0 Å². The van der Waals surface area contributed by atoms with Crippen LogP contribution in [0.25, 0.3) is 0 Å². The molecule has 0 aliphatic heterocycles. The number of carbonyl (C=O) groups excluding carboxylic acids is 5. The van der Waals surface area contributed by atoms with Crippen molar-refractivity contribution in [2.45, 2.75) is 101 Å². The number of aliphatic carboxylic acids is 1. The summed E-state index contributed by atoms with van der Waals surface area (Å²) in [5.41, 5.74) is 24.0. The summed E-state index contributed by atoms with van der Waals surface area (Å²) in [5, 5.41) is 33.3. The third-order valence-corrected chi connectivity index (χ3v) is 12.3. The van der Waals surface area contributed by atoms with Crippen molar-refractivity contribution in [2.75, 3.05) is 71.8 Å². The molecule has 0 saturated heterocycles. The van der Waals surface area contributed by atoms with Gasteiger partial charge in [0, 0.05) is 207 Å². The molecule has 0 saturated carbocycles. The van der Waals surface area contributed by atoms with Crippen LogP contribution in [0.4, 0.5) is 0 Å². The fourth-order valence-electron chi connectivity index (χ4n) is 7.50. The molecule has 2 heterocycles. The van der Waals surface area contributed by atoms with E-state index in [9.17, 15) is 28.8 Å². The summed E-state index contributed by atoms with van der Waals surface area (Å²) in [5.74, 6) is -0.314. The number of nitrogens with two attached hydrogens (primary N) is 2. The Hall–Kier alpha value is -2.37. The number of alkyl halides is 2. The van der Waals surface area contributed by atoms with Crippen LogP contribution in [0.15, 0.2) is 170 Å². The maximum Gasteiger partial charge on any atom is 1.00 e. The summed E-state index contributed by atoms with van der Waals surface area (Å²) < 4.78 is 0. The zero-order valence-electron chi connectivity index (χ0n) is 59.5. The van der Waals surface area contributed by atoms with Crippen LogP contribution < -0.4 is 51.7 Å². The zero-order chi connectivity index (χ0) is 71.5. The van der Waals surface area contributed by atoms with E-state index >= 15 is 0 Å². The van der Waals surface area contributed by atoms with Gasteiger partial charge in [-0.3, -0.25) is 63.9 Å². The second kappa shape index (κ2) is 74.4. The number of nitrogens with zero attached hydrogens (tertiary/aromatic N) is 5. The van der Waals surface area contributed by atoms with Gasteiger partial charge in [0.05, 0.1) is 38.1 Å². The quantitative estimate of drug-likeness (QED) is 0.00975. The van der Waals surface area contributed by atoms with Gasteiger partial charge in [-0.25, -0.2) is 0 Å². The minimum atomic E-state index is -0.792. The van der Waals surface area contributed by atoms with E-state index in [1.54, 1.807) is 38.2 Å². The largest absolute Gasteiger partial charge is 1.00 e. The van der Waals surface area contributed by atoms with Gasteiger partial charge in [-0.1, -0.05) is 168 Å². The van der Waals surface area contributed by atoms with E-state index in [2.05, 4.69) is 134 Å². The molecule has 26 heteroatoms. The fourth-order valence-corrected chi connectivity index (χ4v) is 7.50. The van der Waals surface area contributed by atoms with Crippen molar-refractivity contribution in [3.63, 3.8) is 0 Å². The van der Waals surface area contributed by atoms with Crippen molar-refractivity contribution in [1.29, 1.82) is 0 Å². The Morgan fingerprint density at radius 1 is 0.541 bits per heavy atom. The topological polar surface area (TPSA) is 295 Å². The van der Waals surface area contributed by atoms with Crippen LogP contribution >= 0.6 is 23.2 Å². The van der Waals surface area contributed by atoms with Crippen molar-refractivity contribution in [3.8, 4) is 0 Å². The number of ketones is 3. The minimum Gasteiger partial charge on any atom is -0.715 e. The van der Waals surface area contributed by atoms with Crippen molar-refractivity contribution in [3.05, 3.63) is 237 Å². The van der Waals surface area contributed by atoms with Gasteiger partial charge in [-0.15, -0.1) is 23.2 Å². The molecule has 19 nitrogen and oxygen atoms in total. The number of likely N-dealkylation sites (N-methyl/N-ethyl adjacent to an activating group) is 3. The average molecular weight is 2040 g/mol. The maximum atomic E-state index is 11.9. The third-order valence-electron chi connectivity index (χ3n) is 12.3. The van der Waals surface area contributed by atoms with Crippen LogP contribution in [-0.2, 0) is 63.0 Å². The number of pyridine rings is 2. The van der Waals surface area contributed by atoms with E-state index in [0.29, 0.717) is 39.3 Å². The van der Waals surface area contributed by atoms with E-state index in [1.165, 1.54) is 51.4 Å². The van der Waals surface area contributed by atoms with Crippen molar-refractivity contribution in [1.82, 2.24) is 35.3 Å². The molecule has 1 amide bonds. The predicted octanol–water partition coefficient (Wildman–Crippen LogP) is 7.20. The molecule has 2 aromatic heterocycles. The first-order chi connectivity index (χ1) is 44.9. The summed E-state index contributed by atoms with van der Waals surface area (Å²) >= 11 is 9.53. The van der Waals surface area contributed by atoms with Gasteiger partial charge in [-0.05, 0) is 129 Å². The van der Waals surface area contributed by atoms with Crippen LogP contribution in [0.5, 0.6) is 0 Å². The number of aromatic nitrogens is 2. The molecule has 5 aromatic carbocycles. The Kier molecular flexibility index (Phi) is 82.7. The number of Topliss-reactive ketones (excluding diaryl/α,β-unsaturated/α-hetero) is 3. The number of carbonyl (C=O) groups is 6. The van der Waals surface area contributed by atoms with Crippen LogP contribution in [0, 0.1) is 167 Å². The molecule has 7 rings (SSSR count). The van der Waals surface area contributed by atoms with E-state index in [0.717, 1.165) is 67.8 Å². The standard InChI is InChI=1S/C18H23N3O.C13H19NO.C11H15NO2.C11H15NO.C8H8O.C7H10N2.C3H7NO.CH2Cl2.3Ac.BHO.Na.H2O2/c1-15-6-8-16(9-7-15)13-21(2)14-18(22)20-12-10-17-5-3-4-11-19-17;1-4-14(9-12(3)15)10-13-7-5-11(2)6-8-13;1-9-3-5-10(6-4-9)7-12(2)8-11(13)14;1-9-3-5-11(6-4-9)8-12-7-10(2)13;1-7-2-4-8(6-9)5-3-7;8-5-4-7-3-1-2-6-9-7;1-3(5)2-4;2-1-3;;;;1-2;;1-2/h3-9,11H,10,12-14H2,1-2H3,(H,20,22);5-8H,4,9-10H2,1-3H3;3-6H,7-8H2,1-2H3,(H,13,14);3-6,12H,7-8H2,1-2H3;2-6H,1H3;1-3,6H,4-5,8H2;2,4H2,1H3;1H2;;;;2H;;1-2H/q;;;;;;;;;;;-1;+1;. The predicted molar refractivity (Wildman–Crippen MR) is 383 cm³/mol. The molecule has 0 aliphatic carbocycles. The maximum absolute atomic E-state index is 11.9. The molecule has 0 bridgehead atoms. The number of hydrogen-bond donors (Lipinski definition) is 8. The van der Waals surface area contributed by atoms with Crippen LogP contribution in [-0.4, -0.2) is 161 Å². The SMILES string of the molecule is CC(=O)CN.CC(=O)CNCc1ccc(C)cc1.CCN(CC(C)=O)Cc1ccc(C)cc1.Cc1ccc(C=O)cc1.Cc1ccc(CN(C)CC(=O)NCCc2ccccn2)cc1.Cc1ccc(CN(C)CC(=O)O)cc1.ClCCl.NCCc1ccccn1.OO.[Ac].[Ac].[Ac].[B-]O.[Na+]. The number of carboxylic acids is 1. The number of aldehydes is 1. The molecule has 10 N–H and O–H groups in total. The average Bonchev–Trinajstić information content (AvgIpc) is 1.33. The molecule has 0 aliphatic rings. The van der Waals surface area contributed by atoms with Gasteiger partial charge < -0.3 is 40.3 Å². The number of halogens is 2. The smallest absolute Gasteiger partial charge is 0.715 e. The summed E-state index contributed by atoms with van der Waals surface area (Å²) in [6.07, 6.45) is 6.03. The number of hydrogen-bond acceptors (Lipinski definition) is 17. The number of nitrogens with one attached hydrogen (secondary N) is 2. The summed E-state index contributed by atoms with van der Waals surface area (Å²) in [6, 6.07) is 52.4. The van der Waals surface area contributed by atoms with E-state index < -0.39 is 5.97 Å². The number of aryl methyl sites for hydroxylation is 5. The van der Waals surface area contributed by atoms with Gasteiger partial charge in [0.1, 0.15) is 23.6 Å². The zero-order valence-corrected chi connectivity index (χ0v) is 77.3. The number of amides is 1. The van der Waals surface area contributed by atoms with Crippen molar-refractivity contribution < 1.29 is 211 Å². The first-order valence-electron chi connectivity index (χ1n) is 30.2. The monoisotopic (exact) mass is 2040 g/mol. The molecular weight excluding hydrogens is 1940 g/mol. The van der Waals surface area contributed by atoms with Gasteiger partial charge in [0.15, 0.2) is 0 Å². The molecule has 0 fully saturated rings. The van der Waals surface area contributed by atoms with Gasteiger partial charge in [-0.2, -0.15) is 0 Å². The minimum absolute atomic E-state index is 0. The fraction of sp³-hybridized carbons (Fsp3) is 0.361. The molecular formula is C72H102Ac3BCl2N9NaO10. The summed E-state index contributed by atoms with van der Waals surface area (Å²) in [4.78, 5) is 78.0. The third kappa shape index (κ3) is 68.1. The molecule has 0 unspecified atom stereocenters. The van der Waals surface area contributed by atoms with E-state index in [4.69, 9.17) is 55.3 Å². The van der Waals surface area contributed by atoms with Crippen LogP contribution in [0.3, 0.4) is 0 Å². The summed E-state index contributed by atoms with van der Waals surface area (Å²) in [7, 11) is 7.26. The molecule has 0 spiro atoms. The Morgan fingerprint density at radius 3 is 1.21 bits per heavy atom. The molecule has 0 atom stereocenters. The Bertz CT molecular complexity index is 3040. The van der Waals surface area contributed by atoms with E-state index in [1.807, 2.05) is 111 Å². The first kappa shape index (κ1) is 109. The van der Waals surface area contributed by atoms with Gasteiger partial charge in [0.25, 0.3) is 0 Å². The Morgan fingerprint density at radius 2 is 0.898 bits per heavy atom. The van der Waals surface area contributed by atoms with Crippen molar-refractivity contribution >= 4 is 66.8 Å². The van der Waals surface area contributed by atoms with Crippen molar-refractivity contribution in [2.24, 2.45) is 11.5 Å². The molecule has 6 radical (unpaired) electrons. The normalized spacial score (nSPS) is 9.24. The number of rotatable bonds is 24.